The van der Waals surface area contributed by atoms with Gasteiger partial charge in [-0.05, 0) is 36.4 Å². The van der Waals surface area contributed by atoms with Gasteiger partial charge in [0, 0.05) is 4.88 Å². The Kier molecular flexibility index (Phi) is 2.66. The lowest BCUT2D eigenvalue weighted by Gasteiger charge is -1.97. The summed E-state index contributed by atoms with van der Waals surface area (Å²) in [5.74, 6) is 0. The molecule has 0 aliphatic heterocycles. The fourth-order valence-electron chi connectivity index (χ4n) is 0.960. The summed E-state index contributed by atoms with van der Waals surface area (Å²) < 4.78 is 0. The van der Waals surface area contributed by atoms with Crippen LogP contribution in [0.5, 0.6) is 0 Å². The van der Waals surface area contributed by atoms with Crippen molar-refractivity contribution in [3.8, 4) is 0 Å². The Morgan fingerprint density at radius 3 is 2.91 bits per heavy atom. The van der Waals surface area contributed by atoms with Gasteiger partial charge in [0.25, 0.3) is 0 Å². The number of hydrogen-bond donors (Lipinski definition) is 0. The van der Waals surface area contributed by atoms with E-state index in [1.807, 2.05) is 6.08 Å². The van der Waals surface area contributed by atoms with Crippen molar-refractivity contribution in [2.24, 2.45) is 0 Å². The van der Waals surface area contributed by atoms with E-state index in [1.54, 1.807) is 11.3 Å². The molecule has 0 saturated carbocycles. The first-order valence-corrected chi connectivity index (χ1v) is 4.50. The second kappa shape index (κ2) is 3.54. The highest BCUT2D eigenvalue weighted by atomic mass is 32.1. The molecule has 58 valence electrons. The monoisotopic (exact) mass is 164 g/mol. The second-order valence-corrected chi connectivity index (χ2v) is 3.32. The van der Waals surface area contributed by atoms with Gasteiger partial charge in [-0.3, -0.25) is 0 Å². The summed E-state index contributed by atoms with van der Waals surface area (Å²) in [5.41, 5.74) is 2.63. The maximum Gasteiger partial charge on any atom is 0.0339 e. The fraction of sp³-hybridized carbons (Fsp3) is 0.200. The third-order valence-electron chi connectivity index (χ3n) is 1.74. The van der Waals surface area contributed by atoms with E-state index in [2.05, 4.69) is 37.9 Å². The summed E-state index contributed by atoms with van der Waals surface area (Å²) >= 11 is 1.73. The topological polar surface area (TPSA) is 0 Å². The van der Waals surface area contributed by atoms with Gasteiger partial charge in [-0.1, -0.05) is 18.7 Å². The maximum atomic E-state index is 3.76. The van der Waals surface area contributed by atoms with Crippen LogP contribution in [0.15, 0.2) is 24.1 Å². The number of thiophene rings is 1. The Hall–Kier alpha value is -0.820. The van der Waals surface area contributed by atoms with Crippen LogP contribution < -0.4 is 0 Å². The average molecular weight is 164 g/mol. The standard InChI is InChI=1S/C10H12S/c1-4-8(3)9-6-7-11-10(9)5-2/h4-7H,2H2,1,3H3/b8-4-. The lowest BCUT2D eigenvalue weighted by molar-refractivity contribution is 1.59. The van der Waals surface area contributed by atoms with Gasteiger partial charge in [-0.25, -0.2) is 0 Å². The van der Waals surface area contributed by atoms with Gasteiger partial charge in [-0.2, -0.15) is 0 Å². The zero-order valence-corrected chi connectivity index (χ0v) is 7.74. The van der Waals surface area contributed by atoms with Crippen molar-refractivity contribution in [3.63, 3.8) is 0 Å². The minimum atomic E-state index is 1.26. The number of rotatable bonds is 2. The van der Waals surface area contributed by atoms with Crippen molar-refractivity contribution in [1.29, 1.82) is 0 Å². The first-order valence-electron chi connectivity index (χ1n) is 3.62. The zero-order chi connectivity index (χ0) is 8.27. The van der Waals surface area contributed by atoms with Gasteiger partial charge in [0.15, 0.2) is 0 Å². The highest BCUT2D eigenvalue weighted by Crippen LogP contribution is 2.24. The zero-order valence-electron chi connectivity index (χ0n) is 6.92. The molecule has 0 saturated heterocycles. The molecule has 0 spiro atoms. The summed E-state index contributed by atoms with van der Waals surface area (Å²) in [6, 6.07) is 2.14. The number of hydrogen-bond acceptors (Lipinski definition) is 1. The van der Waals surface area contributed by atoms with Crippen LogP contribution in [0, 0.1) is 0 Å². The Balaban J connectivity index is 3.12. The van der Waals surface area contributed by atoms with Crippen LogP contribution in [0.4, 0.5) is 0 Å². The molecule has 0 radical (unpaired) electrons. The first-order chi connectivity index (χ1) is 5.29. The van der Waals surface area contributed by atoms with E-state index in [0.717, 1.165) is 0 Å². The second-order valence-electron chi connectivity index (χ2n) is 2.37. The minimum absolute atomic E-state index is 1.26. The Bertz CT molecular complexity index is 279. The van der Waals surface area contributed by atoms with Crippen molar-refractivity contribution in [3.05, 3.63) is 34.5 Å². The average Bonchev–Trinajstić information content (AvgIpc) is 2.50. The van der Waals surface area contributed by atoms with Crippen LogP contribution in [0.2, 0.25) is 0 Å². The fourth-order valence-corrected chi connectivity index (χ4v) is 1.76. The summed E-state index contributed by atoms with van der Waals surface area (Å²) in [4.78, 5) is 1.26. The predicted molar refractivity (Wildman–Crippen MR) is 53.7 cm³/mol. The lowest BCUT2D eigenvalue weighted by atomic mass is 10.1. The van der Waals surface area contributed by atoms with Gasteiger partial charge in [0.2, 0.25) is 0 Å². The summed E-state index contributed by atoms with van der Waals surface area (Å²) in [5, 5.41) is 2.10. The highest BCUT2D eigenvalue weighted by molar-refractivity contribution is 7.11. The van der Waals surface area contributed by atoms with Gasteiger partial charge < -0.3 is 0 Å². The molecule has 0 atom stereocenters. The summed E-state index contributed by atoms with van der Waals surface area (Å²) in [7, 11) is 0. The summed E-state index contributed by atoms with van der Waals surface area (Å²) in [6.07, 6.45) is 4.03. The molecule has 1 aromatic heterocycles. The van der Waals surface area contributed by atoms with Crippen molar-refractivity contribution in [1.82, 2.24) is 0 Å². The van der Waals surface area contributed by atoms with E-state index in [0.29, 0.717) is 0 Å². The third-order valence-corrected chi connectivity index (χ3v) is 2.65. The van der Waals surface area contributed by atoms with Crippen LogP contribution >= 0.6 is 11.3 Å². The first kappa shape index (κ1) is 8.28. The van der Waals surface area contributed by atoms with Crippen LogP contribution in [0.1, 0.15) is 24.3 Å². The van der Waals surface area contributed by atoms with Gasteiger partial charge in [-0.15, -0.1) is 11.3 Å². The number of allylic oxidation sites excluding steroid dienone is 2. The smallest absolute Gasteiger partial charge is 0.0339 e. The molecular weight excluding hydrogens is 152 g/mol. The normalized spacial score (nSPS) is 11.6. The van der Waals surface area contributed by atoms with Crippen LogP contribution in [0.25, 0.3) is 11.6 Å². The Morgan fingerprint density at radius 1 is 1.64 bits per heavy atom. The van der Waals surface area contributed by atoms with E-state index >= 15 is 0 Å². The SMILES string of the molecule is C=Cc1sccc1/C(C)=C\C. The van der Waals surface area contributed by atoms with Crippen LogP contribution in [-0.4, -0.2) is 0 Å². The van der Waals surface area contributed by atoms with Gasteiger partial charge in [0.05, 0.1) is 0 Å². The van der Waals surface area contributed by atoms with Crippen molar-refractivity contribution in [2.45, 2.75) is 13.8 Å². The highest BCUT2D eigenvalue weighted by Gasteiger charge is 2.00. The molecule has 0 bridgehead atoms. The molecule has 11 heavy (non-hydrogen) atoms. The van der Waals surface area contributed by atoms with Crippen molar-refractivity contribution < 1.29 is 0 Å². The van der Waals surface area contributed by atoms with Crippen LogP contribution in [-0.2, 0) is 0 Å². The molecule has 1 rings (SSSR count). The lowest BCUT2D eigenvalue weighted by Crippen LogP contribution is -1.75. The molecular formula is C10H12S. The van der Waals surface area contributed by atoms with Gasteiger partial charge >= 0.3 is 0 Å². The third kappa shape index (κ3) is 1.60. The van der Waals surface area contributed by atoms with E-state index < -0.39 is 0 Å². The largest absolute Gasteiger partial charge is 0.144 e. The quantitative estimate of drug-likeness (QED) is 0.623. The Labute approximate surface area is 71.9 Å². The molecule has 0 N–H and O–H groups in total. The molecule has 1 heterocycles. The van der Waals surface area contributed by atoms with Gasteiger partial charge in [0.1, 0.15) is 0 Å². The van der Waals surface area contributed by atoms with Crippen LogP contribution in [0.3, 0.4) is 0 Å². The minimum Gasteiger partial charge on any atom is -0.144 e. The maximum absolute atomic E-state index is 3.76. The van der Waals surface area contributed by atoms with E-state index in [1.165, 1.54) is 16.0 Å². The van der Waals surface area contributed by atoms with Crippen molar-refractivity contribution >= 4 is 23.0 Å². The van der Waals surface area contributed by atoms with E-state index in [-0.39, 0.29) is 0 Å². The molecule has 0 nitrogen and oxygen atoms in total. The molecule has 1 aromatic rings. The molecule has 1 heteroatoms. The molecule has 0 aromatic carbocycles. The molecule has 0 aliphatic rings. The molecule has 0 amide bonds. The predicted octanol–water partition coefficient (Wildman–Crippen LogP) is 3.81. The summed E-state index contributed by atoms with van der Waals surface area (Å²) in [6.45, 7) is 7.94. The van der Waals surface area contributed by atoms with E-state index in [4.69, 9.17) is 0 Å². The molecule has 0 unspecified atom stereocenters. The van der Waals surface area contributed by atoms with E-state index in [9.17, 15) is 0 Å². The van der Waals surface area contributed by atoms with Crippen molar-refractivity contribution in [2.75, 3.05) is 0 Å². The Morgan fingerprint density at radius 2 is 2.36 bits per heavy atom. The molecule has 0 aliphatic carbocycles. The molecule has 0 fully saturated rings.